The molecule has 3 nitrogen and oxygen atoms in total. The van der Waals surface area contributed by atoms with Crippen molar-refractivity contribution in [2.75, 3.05) is 26.8 Å². The number of likely N-dealkylation sites (N-methyl/N-ethyl adjacent to an activating group) is 1. The molecule has 4 heteroatoms. The van der Waals surface area contributed by atoms with Gasteiger partial charge in [-0.05, 0) is 50.6 Å². The van der Waals surface area contributed by atoms with E-state index < -0.39 is 0 Å². The van der Waals surface area contributed by atoms with Gasteiger partial charge in [0.25, 0.3) is 0 Å². The summed E-state index contributed by atoms with van der Waals surface area (Å²) in [6.07, 6.45) is 3.42. The third-order valence-electron chi connectivity index (χ3n) is 4.35. The van der Waals surface area contributed by atoms with Crippen LogP contribution in [0.25, 0.3) is 0 Å². The highest BCUT2D eigenvalue weighted by atomic mass is 32.1. The van der Waals surface area contributed by atoms with E-state index in [1.165, 1.54) is 4.88 Å². The fourth-order valence-corrected chi connectivity index (χ4v) is 3.81. The topological polar surface area (TPSA) is 38.5 Å². The molecular formula is C15H26N2OS. The number of nitrogens with two attached hydrogens (primary N) is 1. The Balaban J connectivity index is 1.92. The number of hydrogen-bond donors (Lipinski definition) is 1. The second-order valence-corrected chi connectivity index (χ2v) is 6.58. The van der Waals surface area contributed by atoms with E-state index in [0.717, 1.165) is 39.0 Å². The Kier molecular flexibility index (Phi) is 5.82. The van der Waals surface area contributed by atoms with Crippen molar-refractivity contribution in [3.05, 3.63) is 22.4 Å². The van der Waals surface area contributed by atoms with Crippen LogP contribution in [0.2, 0.25) is 0 Å². The van der Waals surface area contributed by atoms with Crippen LogP contribution in [0.3, 0.4) is 0 Å². The van der Waals surface area contributed by atoms with E-state index in [1.54, 1.807) is 0 Å². The van der Waals surface area contributed by atoms with Gasteiger partial charge in [-0.2, -0.15) is 0 Å². The summed E-state index contributed by atoms with van der Waals surface area (Å²) in [5, 5.41) is 2.15. The third-order valence-corrected chi connectivity index (χ3v) is 5.25. The zero-order chi connectivity index (χ0) is 13.7. The predicted molar refractivity (Wildman–Crippen MR) is 81.6 cm³/mol. The first-order chi connectivity index (χ1) is 9.22. The second-order valence-electron chi connectivity index (χ2n) is 5.55. The molecule has 2 rings (SSSR count). The van der Waals surface area contributed by atoms with Gasteiger partial charge in [-0.25, -0.2) is 0 Å². The number of nitrogens with zero attached hydrogens (tertiary/aromatic N) is 1. The number of thiophene rings is 1. The predicted octanol–water partition coefficient (Wildman–Crippen LogP) is 2.36. The monoisotopic (exact) mass is 282 g/mol. The van der Waals surface area contributed by atoms with E-state index in [4.69, 9.17) is 10.5 Å². The molecule has 0 spiro atoms. The van der Waals surface area contributed by atoms with Gasteiger partial charge in [0.1, 0.15) is 0 Å². The molecule has 0 amide bonds. The SMILES string of the molecule is CC(Cc1cccs1)N(C)C(CN)C1CCOCC1. The van der Waals surface area contributed by atoms with Crippen LogP contribution in [0.15, 0.2) is 17.5 Å². The highest BCUT2D eigenvalue weighted by Crippen LogP contribution is 2.24. The molecule has 19 heavy (non-hydrogen) atoms. The van der Waals surface area contributed by atoms with E-state index >= 15 is 0 Å². The molecule has 0 bridgehead atoms. The molecule has 1 aromatic heterocycles. The van der Waals surface area contributed by atoms with Crippen molar-refractivity contribution < 1.29 is 4.74 Å². The van der Waals surface area contributed by atoms with Gasteiger partial charge in [0.2, 0.25) is 0 Å². The van der Waals surface area contributed by atoms with Crippen LogP contribution in [0, 0.1) is 5.92 Å². The van der Waals surface area contributed by atoms with Gasteiger partial charge >= 0.3 is 0 Å². The fourth-order valence-electron chi connectivity index (χ4n) is 2.98. The maximum absolute atomic E-state index is 6.04. The van der Waals surface area contributed by atoms with Crippen molar-refractivity contribution in [3.63, 3.8) is 0 Å². The number of ether oxygens (including phenoxy) is 1. The van der Waals surface area contributed by atoms with Crippen molar-refractivity contribution >= 4 is 11.3 Å². The van der Waals surface area contributed by atoms with Crippen molar-refractivity contribution in [1.82, 2.24) is 4.90 Å². The molecule has 1 aromatic rings. The first-order valence-corrected chi connectivity index (χ1v) is 8.12. The third kappa shape index (κ3) is 4.02. The minimum Gasteiger partial charge on any atom is -0.381 e. The minimum absolute atomic E-state index is 0.485. The molecule has 1 saturated heterocycles. The standard InChI is InChI=1S/C15H26N2OS/c1-12(10-14-4-3-9-19-14)17(2)15(11-16)13-5-7-18-8-6-13/h3-4,9,12-13,15H,5-8,10-11,16H2,1-2H3. The molecule has 2 atom stereocenters. The molecule has 2 heterocycles. The van der Waals surface area contributed by atoms with Gasteiger partial charge in [-0.15, -0.1) is 11.3 Å². The lowest BCUT2D eigenvalue weighted by Crippen LogP contribution is -2.49. The van der Waals surface area contributed by atoms with Crippen LogP contribution >= 0.6 is 11.3 Å². The second kappa shape index (κ2) is 7.39. The first-order valence-electron chi connectivity index (χ1n) is 7.24. The van der Waals surface area contributed by atoms with Crippen LogP contribution in [0.4, 0.5) is 0 Å². The fraction of sp³-hybridized carbons (Fsp3) is 0.733. The van der Waals surface area contributed by atoms with Crippen LogP contribution in [-0.4, -0.2) is 43.8 Å². The van der Waals surface area contributed by atoms with Crippen LogP contribution in [-0.2, 0) is 11.2 Å². The Morgan fingerprint density at radius 3 is 2.79 bits per heavy atom. The molecule has 1 aliphatic rings. The molecule has 2 unspecified atom stereocenters. The Bertz CT molecular complexity index is 349. The number of hydrogen-bond acceptors (Lipinski definition) is 4. The Morgan fingerprint density at radius 2 is 2.21 bits per heavy atom. The summed E-state index contributed by atoms with van der Waals surface area (Å²) in [6.45, 7) is 4.85. The zero-order valence-corrected chi connectivity index (χ0v) is 12.9. The van der Waals surface area contributed by atoms with Crippen molar-refractivity contribution in [3.8, 4) is 0 Å². The molecule has 0 saturated carbocycles. The van der Waals surface area contributed by atoms with Gasteiger partial charge in [-0.1, -0.05) is 6.07 Å². The van der Waals surface area contributed by atoms with Gasteiger partial charge in [0.15, 0.2) is 0 Å². The van der Waals surface area contributed by atoms with E-state index in [2.05, 4.69) is 36.4 Å². The summed E-state index contributed by atoms with van der Waals surface area (Å²) in [6, 6.07) is 5.38. The van der Waals surface area contributed by atoms with Crippen LogP contribution in [0.5, 0.6) is 0 Å². The van der Waals surface area contributed by atoms with E-state index in [-0.39, 0.29) is 0 Å². The molecule has 108 valence electrons. The lowest BCUT2D eigenvalue weighted by Gasteiger charge is -2.39. The van der Waals surface area contributed by atoms with Crippen LogP contribution < -0.4 is 5.73 Å². The van der Waals surface area contributed by atoms with Crippen molar-refractivity contribution in [2.24, 2.45) is 11.7 Å². The lowest BCUT2D eigenvalue weighted by molar-refractivity contribution is 0.0255. The highest BCUT2D eigenvalue weighted by molar-refractivity contribution is 7.09. The maximum Gasteiger partial charge on any atom is 0.0469 e. The van der Waals surface area contributed by atoms with Crippen molar-refractivity contribution in [1.29, 1.82) is 0 Å². The molecule has 0 aliphatic carbocycles. The molecule has 0 aromatic carbocycles. The van der Waals surface area contributed by atoms with E-state index in [9.17, 15) is 0 Å². The van der Waals surface area contributed by atoms with Gasteiger partial charge in [0.05, 0.1) is 0 Å². The summed E-state index contributed by atoms with van der Waals surface area (Å²) >= 11 is 1.85. The van der Waals surface area contributed by atoms with E-state index in [1.807, 2.05) is 11.3 Å². The molecule has 1 aliphatic heterocycles. The summed E-state index contributed by atoms with van der Waals surface area (Å²) in [5.41, 5.74) is 6.04. The Hall–Kier alpha value is -0.420. The van der Waals surface area contributed by atoms with Crippen LogP contribution in [0.1, 0.15) is 24.6 Å². The molecule has 0 radical (unpaired) electrons. The summed E-state index contributed by atoms with van der Waals surface area (Å²) < 4.78 is 5.46. The molecule has 2 N–H and O–H groups in total. The Labute approximate surface area is 120 Å². The van der Waals surface area contributed by atoms with Gasteiger partial charge in [-0.3, -0.25) is 4.90 Å². The first kappa shape index (κ1) is 15.0. The molecule has 1 fully saturated rings. The smallest absolute Gasteiger partial charge is 0.0469 e. The lowest BCUT2D eigenvalue weighted by atomic mass is 9.90. The average Bonchev–Trinajstić information content (AvgIpc) is 2.93. The summed E-state index contributed by atoms with van der Waals surface area (Å²) in [5.74, 6) is 0.689. The zero-order valence-electron chi connectivity index (χ0n) is 12.0. The summed E-state index contributed by atoms with van der Waals surface area (Å²) in [7, 11) is 2.23. The minimum atomic E-state index is 0.485. The maximum atomic E-state index is 6.04. The molecular weight excluding hydrogens is 256 g/mol. The van der Waals surface area contributed by atoms with E-state index in [0.29, 0.717) is 18.0 Å². The van der Waals surface area contributed by atoms with Crippen molar-refractivity contribution in [2.45, 2.75) is 38.3 Å². The summed E-state index contributed by atoms with van der Waals surface area (Å²) in [4.78, 5) is 3.94. The number of rotatable bonds is 6. The van der Waals surface area contributed by atoms with Gasteiger partial charge in [0, 0.05) is 36.7 Å². The highest BCUT2D eigenvalue weighted by Gasteiger charge is 2.28. The quantitative estimate of drug-likeness (QED) is 0.870. The normalized spacial score (nSPS) is 20.6. The van der Waals surface area contributed by atoms with Gasteiger partial charge < -0.3 is 10.5 Å². The Morgan fingerprint density at radius 1 is 1.47 bits per heavy atom. The average molecular weight is 282 g/mol. The largest absolute Gasteiger partial charge is 0.381 e.